The van der Waals surface area contributed by atoms with E-state index in [9.17, 15) is 18.8 Å². The van der Waals surface area contributed by atoms with E-state index in [2.05, 4.69) is 14.7 Å². The fraction of sp³-hybridized carbons (Fsp3) is 0.372. The molecule has 14 heteroatoms. The zero-order valence-corrected chi connectivity index (χ0v) is 32.9. The molecule has 6 heterocycles. The number of carbonyl (C=O) groups is 3. The van der Waals surface area contributed by atoms with Crippen molar-refractivity contribution in [2.24, 2.45) is 0 Å². The van der Waals surface area contributed by atoms with Crippen molar-refractivity contribution in [3.8, 4) is 0 Å². The molecule has 0 unspecified atom stereocenters. The summed E-state index contributed by atoms with van der Waals surface area (Å²) < 4.78 is 28.9. The van der Waals surface area contributed by atoms with E-state index in [1.165, 1.54) is 17.7 Å². The first kappa shape index (κ1) is 40.0. The highest BCUT2D eigenvalue weighted by atomic mass is 35.5. The predicted molar refractivity (Wildman–Crippen MR) is 218 cm³/mol. The lowest BCUT2D eigenvalue weighted by Gasteiger charge is -2.30. The zero-order valence-electron chi connectivity index (χ0n) is 32.2. The SMILES string of the molecule is Cc1cccc(N2CC(N3CCOCC3)=CC2=O)c1.O=C1C=C(N2CCOCC2)CN1c1ccc(F)cc1.O=C1C=C(N2CCOCC2)CN1c1ccccc1Cl. The lowest BCUT2D eigenvalue weighted by atomic mass is 10.2. The van der Waals surface area contributed by atoms with E-state index < -0.39 is 0 Å². The van der Waals surface area contributed by atoms with Crippen LogP contribution in [0.25, 0.3) is 0 Å². The second-order valence-corrected chi connectivity index (χ2v) is 14.7. The lowest BCUT2D eigenvalue weighted by molar-refractivity contribution is -0.114. The second-order valence-electron chi connectivity index (χ2n) is 14.2. The average molecular weight is 799 g/mol. The molecule has 6 aliphatic heterocycles. The van der Waals surface area contributed by atoms with Crippen LogP contribution in [-0.4, -0.2) is 131 Å². The Morgan fingerprint density at radius 1 is 0.526 bits per heavy atom. The predicted octanol–water partition coefficient (Wildman–Crippen LogP) is 4.85. The molecule has 3 aromatic carbocycles. The quantitative estimate of drug-likeness (QED) is 0.347. The first-order valence-electron chi connectivity index (χ1n) is 19.3. The van der Waals surface area contributed by atoms with Crippen LogP contribution in [0, 0.1) is 12.7 Å². The van der Waals surface area contributed by atoms with Crippen LogP contribution in [0.2, 0.25) is 5.02 Å². The molecule has 0 saturated carbocycles. The standard InChI is InChI=1S/C15H18N2O2.C14H15ClN2O2.C14H15FN2O2/c1-12-3-2-4-13(9-12)17-11-14(10-15(17)18)16-5-7-19-8-6-16;15-12-3-1-2-4-13(12)17-10-11(9-14(17)18)16-5-7-19-8-6-16;15-11-1-3-12(4-2-11)17-10-13(9-14(17)18)16-5-7-19-8-6-16/h2-4,9-10H,5-8,11H2,1H3;2*1-4,9H,5-8,10H2. The van der Waals surface area contributed by atoms with Crippen LogP contribution in [0.5, 0.6) is 0 Å². The van der Waals surface area contributed by atoms with Gasteiger partial charge in [-0.2, -0.15) is 0 Å². The van der Waals surface area contributed by atoms with Gasteiger partial charge in [-0.1, -0.05) is 35.9 Å². The molecule has 3 saturated heterocycles. The number of carbonyl (C=O) groups excluding carboxylic acids is 3. The van der Waals surface area contributed by atoms with Gasteiger partial charge in [0.25, 0.3) is 17.7 Å². The molecule has 3 fully saturated rings. The third-order valence-electron chi connectivity index (χ3n) is 10.5. The monoisotopic (exact) mass is 798 g/mol. The van der Waals surface area contributed by atoms with Gasteiger partial charge in [0.15, 0.2) is 0 Å². The molecule has 6 aliphatic rings. The van der Waals surface area contributed by atoms with Crippen molar-refractivity contribution in [1.82, 2.24) is 14.7 Å². The normalized spacial score (nSPS) is 19.8. The van der Waals surface area contributed by atoms with Gasteiger partial charge in [-0.25, -0.2) is 4.39 Å². The van der Waals surface area contributed by atoms with Crippen molar-refractivity contribution in [1.29, 1.82) is 0 Å². The molecule has 0 bridgehead atoms. The van der Waals surface area contributed by atoms with Crippen LogP contribution in [0.3, 0.4) is 0 Å². The number of nitrogens with zero attached hydrogens (tertiary/aromatic N) is 6. The van der Waals surface area contributed by atoms with Crippen molar-refractivity contribution in [2.45, 2.75) is 6.92 Å². The second kappa shape index (κ2) is 18.8. The van der Waals surface area contributed by atoms with Crippen LogP contribution in [-0.2, 0) is 28.6 Å². The topological polar surface area (TPSA) is 98.3 Å². The van der Waals surface area contributed by atoms with Gasteiger partial charge in [0.2, 0.25) is 0 Å². The maximum absolute atomic E-state index is 12.9. The number of hydrogen-bond donors (Lipinski definition) is 0. The Hall–Kier alpha value is -5.21. The summed E-state index contributed by atoms with van der Waals surface area (Å²) in [5, 5.41) is 0.604. The molecule has 300 valence electrons. The molecule has 3 amide bonds. The number of benzene rings is 3. The minimum Gasteiger partial charge on any atom is -0.378 e. The summed E-state index contributed by atoms with van der Waals surface area (Å²) in [7, 11) is 0. The Kier molecular flexibility index (Phi) is 13.2. The van der Waals surface area contributed by atoms with Gasteiger partial charge in [-0.3, -0.25) is 14.4 Å². The smallest absolute Gasteiger partial charge is 0.253 e. The number of amides is 3. The Morgan fingerprint density at radius 3 is 1.44 bits per heavy atom. The number of rotatable bonds is 6. The molecule has 0 N–H and O–H groups in total. The summed E-state index contributed by atoms with van der Waals surface area (Å²) in [6, 6.07) is 21.5. The van der Waals surface area contributed by atoms with Gasteiger partial charge in [0.05, 0.1) is 70.0 Å². The van der Waals surface area contributed by atoms with Crippen LogP contribution < -0.4 is 14.7 Å². The van der Waals surface area contributed by atoms with Gasteiger partial charge in [0.1, 0.15) is 5.82 Å². The third kappa shape index (κ3) is 10.0. The minimum absolute atomic E-state index is 0.00501. The van der Waals surface area contributed by atoms with Crippen LogP contribution in [0.1, 0.15) is 5.56 Å². The first-order chi connectivity index (χ1) is 27.7. The number of ether oxygens (including phenoxy) is 3. The Bertz CT molecular complexity index is 2010. The van der Waals surface area contributed by atoms with Crippen molar-refractivity contribution in [2.75, 3.05) is 113 Å². The Balaban J connectivity index is 0.000000131. The van der Waals surface area contributed by atoms with Gasteiger partial charge in [0, 0.05) is 86.0 Å². The molecular formula is C43H48ClFN6O6. The molecule has 0 aliphatic carbocycles. The van der Waals surface area contributed by atoms with Crippen LogP contribution >= 0.6 is 11.6 Å². The molecule has 0 spiro atoms. The van der Waals surface area contributed by atoms with Gasteiger partial charge >= 0.3 is 0 Å². The number of para-hydroxylation sites is 1. The summed E-state index contributed by atoms with van der Waals surface area (Å²) in [4.78, 5) is 48.1. The summed E-state index contributed by atoms with van der Waals surface area (Å²) >= 11 is 6.15. The summed E-state index contributed by atoms with van der Waals surface area (Å²) in [5.41, 5.74) is 6.81. The number of hydrogen-bond acceptors (Lipinski definition) is 9. The number of aryl methyl sites for hydroxylation is 1. The largest absolute Gasteiger partial charge is 0.378 e. The highest BCUT2D eigenvalue weighted by Crippen LogP contribution is 2.30. The molecule has 9 rings (SSSR count). The van der Waals surface area contributed by atoms with Gasteiger partial charge < -0.3 is 43.6 Å². The highest BCUT2D eigenvalue weighted by molar-refractivity contribution is 6.34. The molecule has 0 aromatic heterocycles. The zero-order chi connectivity index (χ0) is 39.7. The van der Waals surface area contributed by atoms with Gasteiger partial charge in [-0.15, -0.1) is 0 Å². The van der Waals surface area contributed by atoms with E-state index in [0.717, 1.165) is 99.8 Å². The first-order valence-corrected chi connectivity index (χ1v) is 19.7. The van der Waals surface area contributed by atoms with E-state index >= 15 is 0 Å². The fourth-order valence-corrected chi connectivity index (χ4v) is 7.61. The maximum atomic E-state index is 12.9. The molecule has 0 radical (unpaired) electrons. The Labute approximate surface area is 337 Å². The average Bonchev–Trinajstić information content (AvgIpc) is 3.96. The van der Waals surface area contributed by atoms with Crippen molar-refractivity contribution in [3.05, 3.63) is 125 Å². The summed E-state index contributed by atoms with van der Waals surface area (Å²) in [6.45, 7) is 13.2. The molecule has 3 aromatic rings. The van der Waals surface area contributed by atoms with Crippen molar-refractivity contribution in [3.63, 3.8) is 0 Å². The summed E-state index contributed by atoms with van der Waals surface area (Å²) in [6.07, 6.45) is 5.12. The van der Waals surface area contributed by atoms with Crippen molar-refractivity contribution >= 4 is 46.4 Å². The van der Waals surface area contributed by atoms with E-state index in [1.807, 2.05) is 54.3 Å². The molecule has 12 nitrogen and oxygen atoms in total. The summed E-state index contributed by atoms with van der Waals surface area (Å²) in [5.74, 6) is -0.272. The number of anilines is 3. The van der Waals surface area contributed by atoms with E-state index in [4.69, 9.17) is 25.8 Å². The molecule has 57 heavy (non-hydrogen) atoms. The van der Waals surface area contributed by atoms with Crippen LogP contribution in [0.15, 0.2) is 108 Å². The number of halogens is 2. The molecular weight excluding hydrogens is 751 g/mol. The highest BCUT2D eigenvalue weighted by Gasteiger charge is 2.30. The van der Waals surface area contributed by atoms with E-state index in [0.29, 0.717) is 37.9 Å². The van der Waals surface area contributed by atoms with E-state index in [1.54, 1.807) is 46.2 Å². The van der Waals surface area contributed by atoms with Crippen LogP contribution in [0.4, 0.5) is 21.5 Å². The van der Waals surface area contributed by atoms with Crippen molar-refractivity contribution < 1.29 is 33.0 Å². The maximum Gasteiger partial charge on any atom is 0.253 e. The fourth-order valence-electron chi connectivity index (χ4n) is 7.37. The molecule has 0 atom stereocenters. The number of morpholine rings is 3. The Morgan fingerprint density at radius 2 is 0.965 bits per heavy atom. The minimum atomic E-state index is -0.295. The van der Waals surface area contributed by atoms with E-state index in [-0.39, 0.29) is 23.5 Å². The van der Waals surface area contributed by atoms with Gasteiger partial charge in [-0.05, 0) is 61.0 Å². The lowest BCUT2D eigenvalue weighted by Crippen LogP contribution is -2.37. The third-order valence-corrected chi connectivity index (χ3v) is 10.8.